The number of H-pyrrole nitrogens is 1. The molecule has 0 saturated carbocycles. The van der Waals surface area contributed by atoms with Gasteiger partial charge in [0.05, 0.1) is 5.56 Å². The lowest BCUT2D eigenvalue weighted by atomic mass is 10.1. The van der Waals surface area contributed by atoms with E-state index in [9.17, 15) is 9.59 Å². The van der Waals surface area contributed by atoms with Crippen molar-refractivity contribution in [1.82, 2.24) is 15.8 Å². The summed E-state index contributed by atoms with van der Waals surface area (Å²) in [7, 11) is 0. The summed E-state index contributed by atoms with van der Waals surface area (Å²) in [6.45, 7) is 0.347. The first-order chi connectivity index (χ1) is 11.2. The van der Waals surface area contributed by atoms with Gasteiger partial charge in [-0.15, -0.1) is 0 Å². The van der Waals surface area contributed by atoms with Crippen molar-refractivity contribution in [2.24, 2.45) is 0 Å². The van der Waals surface area contributed by atoms with Crippen LogP contribution in [-0.4, -0.2) is 22.0 Å². The van der Waals surface area contributed by atoms with Gasteiger partial charge in [0, 0.05) is 29.2 Å². The molecule has 4 N–H and O–H groups in total. The molecule has 3 aromatic rings. The van der Waals surface area contributed by atoms with Crippen molar-refractivity contribution in [3.8, 4) is 0 Å². The average Bonchev–Trinajstić information content (AvgIpc) is 3.03. The van der Waals surface area contributed by atoms with Gasteiger partial charge in [0.2, 0.25) is 0 Å². The van der Waals surface area contributed by atoms with Crippen LogP contribution >= 0.6 is 0 Å². The second kappa shape index (κ2) is 6.33. The minimum Gasteiger partial charge on any atom is -0.360 e. The topological polar surface area (TPSA) is 94.2 Å². The summed E-state index contributed by atoms with van der Waals surface area (Å²) in [6, 6.07) is 14.2. The van der Waals surface area contributed by atoms with E-state index < -0.39 is 5.91 Å². The van der Waals surface area contributed by atoms with Gasteiger partial charge in [0.15, 0.2) is 0 Å². The minimum absolute atomic E-state index is 0.167. The second-order valence-electron chi connectivity index (χ2n) is 5.07. The van der Waals surface area contributed by atoms with Crippen LogP contribution in [0.4, 0.5) is 0 Å². The number of hydrogen-bond donors (Lipinski definition) is 4. The summed E-state index contributed by atoms with van der Waals surface area (Å²) in [6.07, 6.45) is 1.69. The normalized spacial score (nSPS) is 10.5. The lowest BCUT2D eigenvalue weighted by molar-refractivity contribution is 0.0706. The number of carbonyl (C=O) groups excluding carboxylic acids is 2. The summed E-state index contributed by atoms with van der Waals surface area (Å²) in [4.78, 5) is 26.6. The van der Waals surface area contributed by atoms with Crippen LogP contribution in [0, 0.1) is 0 Å². The lowest BCUT2D eigenvalue weighted by Gasteiger charge is -2.06. The second-order valence-corrected chi connectivity index (χ2v) is 5.07. The van der Waals surface area contributed by atoms with Gasteiger partial charge in [0.1, 0.15) is 0 Å². The van der Waals surface area contributed by atoms with E-state index in [1.165, 1.54) is 0 Å². The summed E-state index contributed by atoms with van der Waals surface area (Å²) >= 11 is 0. The maximum absolute atomic E-state index is 12.3. The number of rotatable bonds is 4. The Balaban J connectivity index is 1.68. The van der Waals surface area contributed by atoms with E-state index in [0.717, 1.165) is 16.5 Å². The smallest absolute Gasteiger partial charge is 0.274 e. The Morgan fingerprint density at radius 3 is 2.48 bits per heavy atom. The molecule has 0 aliphatic rings. The molecule has 0 bridgehead atoms. The van der Waals surface area contributed by atoms with E-state index in [-0.39, 0.29) is 5.91 Å². The Morgan fingerprint density at radius 2 is 1.74 bits per heavy atom. The third kappa shape index (κ3) is 3.07. The Hall–Kier alpha value is -3.12. The number of hydroxylamine groups is 1. The first-order valence-corrected chi connectivity index (χ1v) is 7.07. The number of benzene rings is 2. The third-order valence-electron chi connectivity index (χ3n) is 3.60. The van der Waals surface area contributed by atoms with E-state index in [0.29, 0.717) is 17.7 Å². The molecule has 23 heavy (non-hydrogen) atoms. The van der Waals surface area contributed by atoms with Gasteiger partial charge in [-0.25, -0.2) is 5.48 Å². The molecule has 6 nitrogen and oxygen atoms in total. The highest BCUT2D eigenvalue weighted by molar-refractivity contribution is 6.06. The Bertz CT molecular complexity index is 853. The third-order valence-corrected chi connectivity index (χ3v) is 3.60. The maximum atomic E-state index is 12.3. The Kier molecular flexibility index (Phi) is 4.07. The quantitative estimate of drug-likeness (QED) is 0.439. The minimum atomic E-state index is -0.570. The van der Waals surface area contributed by atoms with E-state index in [1.54, 1.807) is 35.9 Å². The molecule has 0 aliphatic carbocycles. The van der Waals surface area contributed by atoms with Crippen molar-refractivity contribution in [3.63, 3.8) is 0 Å². The fourth-order valence-electron chi connectivity index (χ4n) is 2.38. The fourth-order valence-corrected chi connectivity index (χ4v) is 2.38. The Labute approximate surface area is 132 Å². The first kappa shape index (κ1) is 14.8. The van der Waals surface area contributed by atoms with Crippen molar-refractivity contribution >= 4 is 22.7 Å². The number of fused-ring (bicyclic) bond motifs is 1. The number of carbonyl (C=O) groups is 2. The van der Waals surface area contributed by atoms with Crippen molar-refractivity contribution in [1.29, 1.82) is 0 Å². The van der Waals surface area contributed by atoms with Gasteiger partial charge >= 0.3 is 0 Å². The van der Waals surface area contributed by atoms with Crippen LogP contribution < -0.4 is 10.8 Å². The molecule has 1 heterocycles. The summed E-state index contributed by atoms with van der Waals surface area (Å²) < 4.78 is 0. The number of amides is 2. The standard InChI is InChI=1S/C17H15N3O3/c21-16(20-23)12-7-5-11(6-8-12)9-19-17(22)14-10-18-15-4-2-1-3-13(14)15/h1-8,10,18,23H,9H2,(H,19,22)(H,20,21). The number of aromatic nitrogens is 1. The van der Waals surface area contributed by atoms with Gasteiger partial charge in [-0.3, -0.25) is 14.8 Å². The fraction of sp³-hybridized carbons (Fsp3) is 0.0588. The molecular formula is C17H15N3O3. The average molecular weight is 309 g/mol. The molecule has 0 unspecified atom stereocenters. The number of hydrogen-bond acceptors (Lipinski definition) is 3. The number of para-hydroxylation sites is 1. The maximum Gasteiger partial charge on any atom is 0.274 e. The summed E-state index contributed by atoms with van der Waals surface area (Å²) in [5, 5.41) is 12.3. The summed E-state index contributed by atoms with van der Waals surface area (Å²) in [5.41, 5.74) is 4.28. The molecule has 2 amide bonds. The lowest BCUT2D eigenvalue weighted by Crippen LogP contribution is -2.22. The van der Waals surface area contributed by atoms with Crippen LogP contribution in [0.25, 0.3) is 10.9 Å². The molecule has 0 spiro atoms. The van der Waals surface area contributed by atoms with Crippen LogP contribution in [0.2, 0.25) is 0 Å². The number of aromatic amines is 1. The Morgan fingerprint density at radius 1 is 1.00 bits per heavy atom. The van der Waals surface area contributed by atoms with Crippen molar-refractivity contribution in [2.45, 2.75) is 6.54 Å². The molecule has 1 aromatic heterocycles. The molecule has 0 atom stereocenters. The van der Waals surface area contributed by atoms with Crippen molar-refractivity contribution in [3.05, 3.63) is 71.4 Å². The highest BCUT2D eigenvalue weighted by Crippen LogP contribution is 2.17. The molecular weight excluding hydrogens is 294 g/mol. The molecule has 0 aliphatic heterocycles. The van der Waals surface area contributed by atoms with Gasteiger partial charge in [-0.2, -0.15) is 0 Å². The van der Waals surface area contributed by atoms with Crippen LogP contribution in [-0.2, 0) is 6.54 Å². The predicted molar refractivity (Wildman–Crippen MR) is 85.2 cm³/mol. The van der Waals surface area contributed by atoms with Crippen LogP contribution in [0.5, 0.6) is 0 Å². The van der Waals surface area contributed by atoms with Gasteiger partial charge < -0.3 is 10.3 Å². The number of nitrogens with one attached hydrogen (secondary N) is 3. The van der Waals surface area contributed by atoms with Crippen LogP contribution in [0.15, 0.2) is 54.7 Å². The first-order valence-electron chi connectivity index (χ1n) is 7.07. The van der Waals surface area contributed by atoms with Crippen molar-refractivity contribution in [2.75, 3.05) is 0 Å². The van der Waals surface area contributed by atoms with Crippen LogP contribution in [0.3, 0.4) is 0 Å². The predicted octanol–water partition coefficient (Wildman–Crippen LogP) is 2.22. The molecule has 3 rings (SSSR count). The van der Waals surface area contributed by atoms with Gasteiger partial charge in [-0.05, 0) is 23.8 Å². The molecule has 116 valence electrons. The van der Waals surface area contributed by atoms with E-state index in [4.69, 9.17) is 5.21 Å². The SMILES string of the molecule is O=C(NO)c1ccc(CNC(=O)c2c[nH]c3ccccc23)cc1. The van der Waals surface area contributed by atoms with Gasteiger partial charge in [-0.1, -0.05) is 30.3 Å². The summed E-state index contributed by atoms with van der Waals surface area (Å²) in [5.74, 6) is -0.737. The highest BCUT2D eigenvalue weighted by Gasteiger charge is 2.11. The monoisotopic (exact) mass is 309 g/mol. The molecule has 2 aromatic carbocycles. The zero-order chi connectivity index (χ0) is 16.2. The molecule has 0 radical (unpaired) electrons. The largest absolute Gasteiger partial charge is 0.360 e. The molecule has 6 heteroatoms. The van der Waals surface area contributed by atoms with Crippen molar-refractivity contribution < 1.29 is 14.8 Å². The van der Waals surface area contributed by atoms with E-state index in [2.05, 4.69) is 10.3 Å². The highest BCUT2D eigenvalue weighted by atomic mass is 16.5. The molecule has 0 saturated heterocycles. The van der Waals surface area contributed by atoms with E-state index in [1.807, 2.05) is 24.3 Å². The van der Waals surface area contributed by atoms with Gasteiger partial charge in [0.25, 0.3) is 11.8 Å². The zero-order valence-electron chi connectivity index (χ0n) is 12.2. The molecule has 0 fully saturated rings. The van der Waals surface area contributed by atoms with Crippen LogP contribution in [0.1, 0.15) is 26.3 Å². The zero-order valence-corrected chi connectivity index (χ0v) is 12.2. The van der Waals surface area contributed by atoms with E-state index >= 15 is 0 Å².